The molecule has 8 heteroatoms. The molecule has 6 nitrogen and oxygen atoms in total. The first-order valence-electron chi connectivity index (χ1n) is 5.56. The fourth-order valence-electron chi connectivity index (χ4n) is 1.69. The number of hydrogen-bond donors (Lipinski definition) is 1. The summed E-state index contributed by atoms with van der Waals surface area (Å²) in [6, 6.07) is 5.91. The third-order valence-electron chi connectivity index (χ3n) is 2.61. The van der Waals surface area contributed by atoms with E-state index in [2.05, 4.69) is 9.82 Å². The minimum atomic E-state index is -3.82. The standard InChI is InChI=1S/C12H11ClN4O2S/c1-8-11(7-17(2)15-8)16-20(18,19)12-4-3-9(6-14)5-10(12)13/h3-5,7,16H,1-2H3. The van der Waals surface area contributed by atoms with Gasteiger partial charge in [-0.25, -0.2) is 8.42 Å². The molecule has 0 amide bonds. The summed E-state index contributed by atoms with van der Waals surface area (Å²) in [7, 11) is -2.13. The maximum absolute atomic E-state index is 12.3. The number of halogens is 1. The molecule has 0 saturated heterocycles. The van der Waals surface area contributed by atoms with E-state index in [9.17, 15) is 8.42 Å². The Morgan fingerprint density at radius 1 is 1.45 bits per heavy atom. The van der Waals surface area contributed by atoms with Crippen LogP contribution in [0.1, 0.15) is 11.3 Å². The summed E-state index contributed by atoms with van der Waals surface area (Å²) in [6.07, 6.45) is 1.56. The molecule has 1 heterocycles. The van der Waals surface area contributed by atoms with E-state index in [1.54, 1.807) is 20.2 Å². The molecule has 1 N–H and O–H groups in total. The van der Waals surface area contributed by atoms with Crippen LogP contribution in [-0.4, -0.2) is 18.2 Å². The molecule has 2 rings (SSSR count). The van der Waals surface area contributed by atoms with Crippen LogP contribution in [0.4, 0.5) is 5.69 Å². The second-order valence-electron chi connectivity index (χ2n) is 4.16. The number of nitriles is 1. The average Bonchev–Trinajstić information content (AvgIpc) is 2.66. The van der Waals surface area contributed by atoms with Crippen LogP contribution >= 0.6 is 11.6 Å². The van der Waals surface area contributed by atoms with Gasteiger partial charge in [0.05, 0.1) is 28.0 Å². The third-order valence-corrected chi connectivity index (χ3v) is 4.46. The van der Waals surface area contributed by atoms with Gasteiger partial charge in [0.15, 0.2) is 0 Å². The number of rotatable bonds is 3. The van der Waals surface area contributed by atoms with Crippen LogP contribution in [0.5, 0.6) is 0 Å². The summed E-state index contributed by atoms with van der Waals surface area (Å²) in [5.74, 6) is 0. The highest BCUT2D eigenvalue weighted by atomic mass is 35.5. The molecule has 0 radical (unpaired) electrons. The Morgan fingerprint density at radius 2 is 2.15 bits per heavy atom. The van der Waals surface area contributed by atoms with Crippen molar-refractivity contribution in [2.45, 2.75) is 11.8 Å². The minimum absolute atomic E-state index is 0.00177. The number of nitrogens with zero attached hydrogens (tertiary/aromatic N) is 3. The minimum Gasteiger partial charge on any atom is -0.276 e. The first-order valence-corrected chi connectivity index (χ1v) is 7.42. The summed E-state index contributed by atoms with van der Waals surface area (Å²) in [6.45, 7) is 1.69. The fraction of sp³-hybridized carbons (Fsp3) is 0.167. The molecule has 0 unspecified atom stereocenters. The van der Waals surface area contributed by atoms with Gasteiger partial charge >= 0.3 is 0 Å². The number of aromatic nitrogens is 2. The Balaban J connectivity index is 2.41. The van der Waals surface area contributed by atoms with Crippen molar-refractivity contribution in [3.63, 3.8) is 0 Å². The van der Waals surface area contributed by atoms with Crippen LogP contribution in [0.3, 0.4) is 0 Å². The average molecular weight is 311 g/mol. The lowest BCUT2D eigenvalue weighted by atomic mass is 10.2. The van der Waals surface area contributed by atoms with Crippen molar-refractivity contribution in [1.29, 1.82) is 5.26 Å². The Hall–Kier alpha value is -2.04. The summed E-state index contributed by atoms with van der Waals surface area (Å²) in [5.41, 5.74) is 1.24. The van der Waals surface area contributed by atoms with Crippen molar-refractivity contribution in [3.8, 4) is 6.07 Å². The lowest BCUT2D eigenvalue weighted by molar-refractivity contribution is 0.601. The first kappa shape index (κ1) is 14.4. The zero-order valence-electron chi connectivity index (χ0n) is 10.8. The first-order chi connectivity index (χ1) is 9.33. The predicted octanol–water partition coefficient (Wildman–Crippen LogP) is 2.05. The number of anilines is 1. The van der Waals surface area contributed by atoms with Crippen molar-refractivity contribution in [3.05, 3.63) is 40.7 Å². The molecular weight excluding hydrogens is 300 g/mol. The van der Waals surface area contributed by atoms with E-state index in [1.807, 2.05) is 6.07 Å². The molecule has 0 saturated carbocycles. The van der Waals surface area contributed by atoms with Crippen molar-refractivity contribution in [2.24, 2.45) is 7.05 Å². The zero-order valence-corrected chi connectivity index (χ0v) is 12.3. The normalized spacial score (nSPS) is 11.1. The van der Waals surface area contributed by atoms with Gasteiger partial charge in [-0.05, 0) is 25.1 Å². The zero-order chi connectivity index (χ0) is 14.9. The van der Waals surface area contributed by atoms with Crippen molar-refractivity contribution < 1.29 is 8.42 Å². The monoisotopic (exact) mass is 310 g/mol. The third kappa shape index (κ3) is 2.76. The van der Waals surface area contributed by atoms with E-state index in [0.29, 0.717) is 16.9 Å². The molecule has 104 valence electrons. The molecule has 0 spiro atoms. The lowest BCUT2D eigenvalue weighted by Gasteiger charge is -2.08. The topological polar surface area (TPSA) is 87.8 Å². The van der Waals surface area contributed by atoms with Crippen LogP contribution in [-0.2, 0) is 17.1 Å². The summed E-state index contributed by atoms with van der Waals surface area (Å²) < 4.78 is 28.5. The molecule has 1 aromatic heterocycles. The van der Waals surface area contributed by atoms with Crippen molar-refractivity contribution in [1.82, 2.24) is 9.78 Å². The van der Waals surface area contributed by atoms with Crippen LogP contribution in [0.15, 0.2) is 29.3 Å². The second-order valence-corrected chi connectivity index (χ2v) is 6.22. The lowest BCUT2D eigenvalue weighted by Crippen LogP contribution is -2.13. The molecule has 0 aliphatic rings. The molecule has 0 atom stereocenters. The largest absolute Gasteiger partial charge is 0.276 e. The summed E-state index contributed by atoms with van der Waals surface area (Å²) in [4.78, 5) is -0.0820. The van der Waals surface area contributed by atoms with Gasteiger partial charge in [0.2, 0.25) is 0 Å². The highest BCUT2D eigenvalue weighted by Crippen LogP contribution is 2.25. The molecular formula is C12H11ClN4O2S. The molecule has 0 bridgehead atoms. The molecule has 0 aliphatic heterocycles. The number of aryl methyl sites for hydroxylation is 2. The maximum atomic E-state index is 12.3. The highest BCUT2D eigenvalue weighted by Gasteiger charge is 2.20. The van der Waals surface area contributed by atoms with Gasteiger partial charge in [-0.1, -0.05) is 11.6 Å². The van der Waals surface area contributed by atoms with E-state index in [4.69, 9.17) is 16.9 Å². The van der Waals surface area contributed by atoms with E-state index < -0.39 is 10.0 Å². The van der Waals surface area contributed by atoms with Gasteiger partial charge in [0.25, 0.3) is 10.0 Å². The fourth-order valence-corrected chi connectivity index (χ4v) is 3.34. The highest BCUT2D eigenvalue weighted by molar-refractivity contribution is 7.92. The van der Waals surface area contributed by atoms with Crippen LogP contribution in [0.25, 0.3) is 0 Å². The Bertz CT molecular complexity index is 805. The quantitative estimate of drug-likeness (QED) is 0.939. The van der Waals surface area contributed by atoms with E-state index >= 15 is 0 Å². The van der Waals surface area contributed by atoms with Gasteiger partial charge in [0, 0.05) is 13.2 Å². The maximum Gasteiger partial charge on any atom is 0.263 e. The number of sulfonamides is 1. The Kier molecular flexibility index (Phi) is 3.70. The van der Waals surface area contributed by atoms with Crippen LogP contribution in [0, 0.1) is 18.3 Å². The Labute approximate surface area is 121 Å². The molecule has 20 heavy (non-hydrogen) atoms. The Morgan fingerprint density at radius 3 is 2.65 bits per heavy atom. The van der Waals surface area contributed by atoms with Crippen molar-refractivity contribution >= 4 is 27.3 Å². The van der Waals surface area contributed by atoms with Crippen molar-refractivity contribution in [2.75, 3.05) is 4.72 Å². The molecule has 1 aromatic carbocycles. The predicted molar refractivity (Wildman–Crippen MR) is 74.9 cm³/mol. The van der Waals surface area contributed by atoms with Gasteiger partial charge in [0.1, 0.15) is 4.90 Å². The summed E-state index contributed by atoms with van der Waals surface area (Å²) >= 11 is 5.91. The van der Waals surface area contributed by atoms with E-state index in [0.717, 1.165) is 0 Å². The van der Waals surface area contributed by atoms with E-state index in [1.165, 1.54) is 22.9 Å². The van der Waals surface area contributed by atoms with Gasteiger partial charge in [-0.3, -0.25) is 9.40 Å². The molecule has 0 fully saturated rings. The smallest absolute Gasteiger partial charge is 0.263 e. The van der Waals surface area contributed by atoms with Gasteiger partial charge in [-0.15, -0.1) is 0 Å². The van der Waals surface area contributed by atoms with Crippen LogP contribution < -0.4 is 4.72 Å². The number of benzene rings is 1. The molecule has 2 aromatic rings. The number of nitrogens with one attached hydrogen (secondary N) is 1. The second kappa shape index (κ2) is 5.15. The molecule has 0 aliphatic carbocycles. The summed E-state index contributed by atoms with van der Waals surface area (Å²) in [5, 5.41) is 12.8. The van der Waals surface area contributed by atoms with Crippen LogP contribution in [0.2, 0.25) is 5.02 Å². The SMILES string of the molecule is Cc1nn(C)cc1NS(=O)(=O)c1ccc(C#N)cc1Cl. The van der Waals surface area contributed by atoms with Gasteiger partial charge < -0.3 is 0 Å². The van der Waals surface area contributed by atoms with E-state index in [-0.39, 0.29) is 9.92 Å². The van der Waals surface area contributed by atoms with Gasteiger partial charge in [-0.2, -0.15) is 10.4 Å². The number of hydrogen-bond acceptors (Lipinski definition) is 4.